The summed E-state index contributed by atoms with van der Waals surface area (Å²) >= 11 is 1.38. The lowest BCUT2D eigenvalue weighted by Crippen LogP contribution is -2.12. The summed E-state index contributed by atoms with van der Waals surface area (Å²) < 4.78 is 4.94. The molecule has 0 bridgehead atoms. The summed E-state index contributed by atoms with van der Waals surface area (Å²) in [5, 5.41) is 4.68. The number of benzene rings is 1. The average molecular weight is 289 g/mol. The number of nitrogens with one attached hydrogen (secondary N) is 1. The molecule has 0 spiro atoms. The smallest absolute Gasteiger partial charge is 0.338 e. The highest BCUT2D eigenvalue weighted by Crippen LogP contribution is 2.19. The van der Waals surface area contributed by atoms with Crippen LogP contribution >= 0.6 is 11.3 Å². The minimum Gasteiger partial charge on any atom is -0.462 e. The van der Waals surface area contributed by atoms with Crippen molar-refractivity contribution in [2.45, 2.75) is 13.8 Å². The molecule has 20 heavy (non-hydrogen) atoms. The Morgan fingerprint density at radius 1 is 1.30 bits per heavy atom. The van der Waals surface area contributed by atoms with E-state index in [1.165, 1.54) is 11.3 Å². The van der Waals surface area contributed by atoms with E-state index in [0.717, 1.165) is 5.56 Å². The average Bonchev–Trinajstić information content (AvgIpc) is 2.95. The molecule has 2 rings (SSSR count). The van der Waals surface area contributed by atoms with Gasteiger partial charge in [-0.15, -0.1) is 11.3 Å². The van der Waals surface area contributed by atoms with Crippen molar-refractivity contribution in [1.82, 2.24) is 0 Å². The van der Waals surface area contributed by atoms with Crippen molar-refractivity contribution in [3.63, 3.8) is 0 Å². The fourth-order valence-electron chi connectivity index (χ4n) is 1.74. The van der Waals surface area contributed by atoms with Crippen LogP contribution in [0.3, 0.4) is 0 Å². The highest BCUT2D eigenvalue weighted by atomic mass is 32.1. The van der Waals surface area contributed by atoms with Gasteiger partial charge < -0.3 is 10.1 Å². The van der Waals surface area contributed by atoms with Crippen LogP contribution in [-0.2, 0) is 4.74 Å². The zero-order chi connectivity index (χ0) is 14.5. The van der Waals surface area contributed by atoms with Gasteiger partial charge in [0.2, 0.25) is 0 Å². The van der Waals surface area contributed by atoms with E-state index < -0.39 is 0 Å². The fraction of sp³-hybridized carbons (Fsp3) is 0.200. The van der Waals surface area contributed by atoms with Crippen molar-refractivity contribution < 1.29 is 14.3 Å². The molecule has 0 saturated heterocycles. The number of carbonyl (C=O) groups is 2. The van der Waals surface area contributed by atoms with E-state index in [-0.39, 0.29) is 11.9 Å². The summed E-state index contributed by atoms with van der Waals surface area (Å²) in [5.41, 5.74) is 2.00. The second kappa shape index (κ2) is 6.34. The number of rotatable bonds is 4. The molecule has 1 heterocycles. The Morgan fingerprint density at radius 3 is 2.70 bits per heavy atom. The lowest BCUT2D eigenvalue weighted by molar-refractivity contribution is 0.0526. The summed E-state index contributed by atoms with van der Waals surface area (Å²) in [7, 11) is 0. The highest BCUT2D eigenvalue weighted by Gasteiger charge is 2.11. The number of anilines is 1. The number of aryl methyl sites for hydroxylation is 1. The van der Waals surface area contributed by atoms with E-state index in [1.807, 2.05) is 18.4 Å². The van der Waals surface area contributed by atoms with Crippen molar-refractivity contribution in [2.24, 2.45) is 0 Å². The molecule has 104 valence electrons. The third kappa shape index (κ3) is 3.24. The van der Waals surface area contributed by atoms with Gasteiger partial charge in [0.25, 0.3) is 5.91 Å². The lowest BCUT2D eigenvalue weighted by Gasteiger charge is -2.09. The zero-order valence-electron chi connectivity index (χ0n) is 11.3. The van der Waals surface area contributed by atoms with E-state index in [1.54, 1.807) is 31.2 Å². The van der Waals surface area contributed by atoms with E-state index >= 15 is 0 Å². The second-order valence-corrected chi connectivity index (χ2v) is 5.13. The number of esters is 1. The maximum Gasteiger partial charge on any atom is 0.338 e. The van der Waals surface area contributed by atoms with Gasteiger partial charge in [0.1, 0.15) is 0 Å². The van der Waals surface area contributed by atoms with Crippen molar-refractivity contribution in [3.05, 3.63) is 51.7 Å². The number of hydrogen-bond acceptors (Lipinski definition) is 4. The van der Waals surface area contributed by atoms with Gasteiger partial charge in [0.15, 0.2) is 0 Å². The Morgan fingerprint density at radius 2 is 2.10 bits per heavy atom. The van der Waals surface area contributed by atoms with Crippen molar-refractivity contribution >= 4 is 28.9 Å². The minimum absolute atomic E-state index is 0.146. The number of amides is 1. The van der Waals surface area contributed by atoms with E-state index in [4.69, 9.17) is 4.74 Å². The van der Waals surface area contributed by atoms with Gasteiger partial charge in [-0.2, -0.15) is 0 Å². The Hall–Kier alpha value is -2.14. The second-order valence-electron chi connectivity index (χ2n) is 4.18. The predicted octanol–water partition coefficient (Wildman–Crippen LogP) is 3.49. The summed E-state index contributed by atoms with van der Waals surface area (Å²) in [4.78, 5) is 24.2. The first kappa shape index (κ1) is 14.3. The number of thiophene rings is 1. The van der Waals surface area contributed by atoms with Crippen LogP contribution in [0.1, 0.15) is 32.5 Å². The molecule has 0 aliphatic carbocycles. The molecule has 0 aliphatic rings. The summed E-state index contributed by atoms with van der Waals surface area (Å²) in [5.74, 6) is -0.501. The van der Waals surface area contributed by atoms with E-state index in [9.17, 15) is 9.59 Å². The zero-order valence-corrected chi connectivity index (χ0v) is 12.1. The molecule has 0 unspecified atom stereocenters. The molecule has 2 aromatic rings. The van der Waals surface area contributed by atoms with Gasteiger partial charge in [-0.3, -0.25) is 4.79 Å². The number of carbonyl (C=O) groups excluding carboxylic acids is 2. The highest BCUT2D eigenvalue weighted by molar-refractivity contribution is 7.12. The van der Waals surface area contributed by atoms with Crippen LogP contribution in [0, 0.1) is 6.92 Å². The number of ether oxygens (including phenoxy) is 1. The van der Waals surface area contributed by atoms with Crippen LogP contribution < -0.4 is 5.32 Å². The third-order valence-corrected chi connectivity index (χ3v) is 3.60. The first-order valence-corrected chi connectivity index (χ1v) is 7.12. The van der Waals surface area contributed by atoms with Gasteiger partial charge >= 0.3 is 5.97 Å². The first-order chi connectivity index (χ1) is 9.61. The van der Waals surface area contributed by atoms with Crippen LogP contribution in [0.2, 0.25) is 0 Å². The Labute approximate surface area is 121 Å². The van der Waals surface area contributed by atoms with E-state index in [0.29, 0.717) is 22.7 Å². The Balaban J connectivity index is 2.14. The van der Waals surface area contributed by atoms with Crippen LogP contribution in [0.25, 0.3) is 0 Å². The minimum atomic E-state index is -0.355. The monoisotopic (exact) mass is 289 g/mol. The maximum absolute atomic E-state index is 12.0. The third-order valence-electron chi connectivity index (χ3n) is 2.73. The number of hydrogen-bond donors (Lipinski definition) is 1. The largest absolute Gasteiger partial charge is 0.462 e. The molecule has 1 N–H and O–H groups in total. The van der Waals surface area contributed by atoms with Gasteiger partial charge in [0, 0.05) is 5.69 Å². The molecule has 0 saturated carbocycles. The molecule has 4 nitrogen and oxygen atoms in total. The van der Waals surface area contributed by atoms with Crippen molar-refractivity contribution in [1.29, 1.82) is 0 Å². The van der Waals surface area contributed by atoms with E-state index in [2.05, 4.69) is 5.32 Å². The van der Waals surface area contributed by atoms with Gasteiger partial charge in [-0.1, -0.05) is 6.07 Å². The molecule has 1 aromatic heterocycles. The normalized spacial score (nSPS) is 10.1. The maximum atomic E-state index is 12.0. The van der Waals surface area contributed by atoms with Gasteiger partial charge in [-0.05, 0) is 49.1 Å². The topological polar surface area (TPSA) is 55.4 Å². The summed E-state index contributed by atoms with van der Waals surface area (Å²) in [6, 6.07) is 8.67. The van der Waals surface area contributed by atoms with Crippen molar-refractivity contribution in [3.8, 4) is 0 Å². The molecule has 0 radical (unpaired) electrons. The molecule has 0 atom stereocenters. The molecule has 1 aromatic carbocycles. The first-order valence-electron chi connectivity index (χ1n) is 6.24. The molecular formula is C15H15NO3S. The molecule has 5 heteroatoms. The van der Waals surface area contributed by atoms with Crippen LogP contribution in [-0.4, -0.2) is 18.5 Å². The van der Waals surface area contributed by atoms with Gasteiger partial charge in [-0.25, -0.2) is 4.79 Å². The molecule has 0 aliphatic heterocycles. The molecular weight excluding hydrogens is 274 g/mol. The standard InChI is InChI=1S/C15H15NO3S/c1-3-19-15(18)11-6-7-12(10(2)9-11)16-14(17)13-5-4-8-20-13/h4-9H,3H2,1-2H3,(H,16,17). The molecule has 1 amide bonds. The Bertz CT molecular complexity index is 620. The van der Waals surface area contributed by atoms with Gasteiger partial charge in [0.05, 0.1) is 17.0 Å². The van der Waals surface area contributed by atoms with Crippen molar-refractivity contribution in [2.75, 3.05) is 11.9 Å². The Kier molecular flexibility index (Phi) is 4.53. The summed E-state index contributed by atoms with van der Waals surface area (Å²) in [6.45, 7) is 3.95. The fourth-order valence-corrected chi connectivity index (χ4v) is 2.36. The predicted molar refractivity (Wildman–Crippen MR) is 79.4 cm³/mol. The quantitative estimate of drug-likeness (QED) is 0.877. The lowest BCUT2D eigenvalue weighted by atomic mass is 10.1. The molecule has 0 fully saturated rings. The summed E-state index contributed by atoms with van der Waals surface area (Å²) in [6.07, 6.45) is 0. The van der Waals surface area contributed by atoms with Crippen LogP contribution in [0.15, 0.2) is 35.7 Å². The van der Waals surface area contributed by atoms with Crippen LogP contribution in [0.4, 0.5) is 5.69 Å². The SMILES string of the molecule is CCOC(=O)c1ccc(NC(=O)c2cccs2)c(C)c1. The van der Waals surface area contributed by atoms with Crippen LogP contribution in [0.5, 0.6) is 0 Å².